The number of carbonyl (C=O) groups is 1. The van der Waals surface area contributed by atoms with Crippen LogP contribution in [0.2, 0.25) is 0 Å². The molecule has 3 nitrogen and oxygen atoms in total. The van der Waals surface area contributed by atoms with Gasteiger partial charge in [-0.05, 0) is 0 Å². The first-order chi connectivity index (χ1) is 3.81. The largest absolute Gasteiger partial charge is 0.359 e. The molecule has 1 N–H and O–H groups in total. The molecule has 46 valence electrons. The number of nitrogens with zero attached hydrogens (tertiary/aromatic N) is 1. The number of rotatable bonds is 2. The molecule has 0 aromatic heterocycles. The summed E-state index contributed by atoms with van der Waals surface area (Å²) in [5, 5.41) is 2.47. The minimum atomic E-state index is -0.00407. The van der Waals surface area contributed by atoms with Crippen LogP contribution in [0, 0.1) is 0 Å². The molecule has 0 fully saturated rings. The van der Waals surface area contributed by atoms with Crippen LogP contribution in [0.3, 0.4) is 0 Å². The first kappa shape index (κ1) is 7.14. The van der Waals surface area contributed by atoms with Gasteiger partial charge in [0, 0.05) is 20.3 Å². The normalized spacial score (nSPS) is 9.75. The molecule has 0 aliphatic heterocycles. The number of aliphatic imine (C=N–C) groups is 1. The Morgan fingerprint density at radius 2 is 2.50 bits per heavy atom. The van der Waals surface area contributed by atoms with E-state index in [2.05, 4.69) is 10.3 Å². The zero-order chi connectivity index (χ0) is 6.41. The molecule has 0 radical (unpaired) electrons. The Labute approximate surface area is 48.8 Å². The highest BCUT2D eigenvalue weighted by molar-refractivity contribution is 5.89. The van der Waals surface area contributed by atoms with Crippen molar-refractivity contribution in [2.75, 3.05) is 14.1 Å². The van der Waals surface area contributed by atoms with Crippen molar-refractivity contribution in [3.63, 3.8) is 0 Å². The van der Waals surface area contributed by atoms with Gasteiger partial charge in [0.25, 0.3) is 0 Å². The molecule has 0 heterocycles. The number of hydrogen-bond acceptors (Lipinski definition) is 2. The lowest BCUT2D eigenvalue weighted by Crippen LogP contribution is -2.17. The van der Waals surface area contributed by atoms with Gasteiger partial charge in [-0.25, -0.2) is 0 Å². The third-order valence-electron chi connectivity index (χ3n) is 0.738. The fraction of sp³-hybridized carbons (Fsp3) is 0.600. The van der Waals surface area contributed by atoms with Gasteiger partial charge in [0.1, 0.15) is 0 Å². The van der Waals surface area contributed by atoms with E-state index in [0.29, 0.717) is 6.42 Å². The van der Waals surface area contributed by atoms with E-state index in [1.165, 1.54) is 0 Å². The number of amides is 1. The molecule has 8 heavy (non-hydrogen) atoms. The van der Waals surface area contributed by atoms with E-state index in [1.54, 1.807) is 20.3 Å². The second-order valence-corrected chi connectivity index (χ2v) is 1.32. The van der Waals surface area contributed by atoms with Gasteiger partial charge >= 0.3 is 0 Å². The van der Waals surface area contributed by atoms with Crippen LogP contribution in [0.5, 0.6) is 0 Å². The lowest BCUT2D eigenvalue weighted by molar-refractivity contribution is -0.119. The summed E-state index contributed by atoms with van der Waals surface area (Å²) in [4.78, 5) is 14.0. The molecule has 0 aliphatic carbocycles. The Bertz CT molecular complexity index is 98.6. The van der Waals surface area contributed by atoms with Crippen molar-refractivity contribution >= 4 is 12.1 Å². The summed E-state index contributed by atoms with van der Waals surface area (Å²) in [6, 6.07) is 0. The number of carbonyl (C=O) groups excluding carboxylic acids is 1. The molecule has 0 atom stereocenters. The minimum Gasteiger partial charge on any atom is -0.359 e. The third kappa shape index (κ3) is 3.33. The highest BCUT2D eigenvalue weighted by atomic mass is 16.1. The fourth-order valence-electron chi connectivity index (χ4n) is 0.276. The molecule has 0 aromatic rings. The van der Waals surface area contributed by atoms with Crippen molar-refractivity contribution in [3.05, 3.63) is 0 Å². The van der Waals surface area contributed by atoms with Gasteiger partial charge in [-0.2, -0.15) is 0 Å². The van der Waals surface area contributed by atoms with Gasteiger partial charge in [-0.15, -0.1) is 0 Å². The van der Waals surface area contributed by atoms with Crippen molar-refractivity contribution in [1.29, 1.82) is 0 Å². The minimum absolute atomic E-state index is 0.00407. The molecule has 0 unspecified atom stereocenters. The van der Waals surface area contributed by atoms with E-state index in [9.17, 15) is 4.79 Å². The quantitative estimate of drug-likeness (QED) is 0.497. The molecule has 0 aliphatic rings. The summed E-state index contributed by atoms with van der Waals surface area (Å²) in [6.07, 6.45) is 1.95. The molecule has 1 amide bonds. The van der Waals surface area contributed by atoms with Crippen molar-refractivity contribution in [2.45, 2.75) is 6.42 Å². The molecule has 3 heteroatoms. The van der Waals surface area contributed by atoms with Gasteiger partial charge in [-0.3, -0.25) is 4.79 Å². The zero-order valence-corrected chi connectivity index (χ0v) is 5.14. The van der Waals surface area contributed by atoms with Crippen molar-refractivity contribution < 1.29 is 4.79 Å². The smallest absolute Gasteiger partial charge is 0.225 e. The molecule has 0 bridgehead atoms. The Morgan fingerprint density at radius 3 is 2.88 bits per heavy atom. The summed E-state index contributed by atoms with van der Waals surface area (Å²) in [5.41, 5.74) is 0. The molecular formula is C5H10N2O. The molecular weight excluding hydrogens is 104 g/mol. The van der Waals surface area contributed by atoms with E-state index < -0.39 is 0 Å². The van der Waals surface area contributed by atoms with Crippen LogP contribution in [0.4, 0.5) is 0 Å². The summed E-state index contributed by atoms with van der Waals surface area (Å²) in [6.45, 7) is 0. The van der Waals surface area contributed by atoms with Crippen molar-refractivity contribution in [2.24, 2.45) is 4.99 Å². The predicted octanol–water partition coefficient (Wildman–Crippen LogP) is -0.177. The summed E-state index contributed by atoms with van der Waals surface area (Å²) < 4.78 is 0. The van der Waals surface area contributed by atoms with E-state index in [0.717, 1.165) is 0 Å². The second-order valence-electron chi connectivity index (χ2n) is 1.32. The molecule has 0 aromatic carbocycles. The highest BCUT2D eigenvalue weighted by Gasteiger charge is 1.89. The van der Waals surface area contributed by atoms with E-state index in [4.69, 9.17) is 0 Å². The van der Waals surface area contributed by atoms with Crippen LogP contribution in [0.15, 0.2) is 4.99 Å². The average molecular weight is 114 g/mol. The monoisotopic (exact) mass is 114 g/mol. The predicted molar refractivity (Wildman–Crippen MR) is 33.1 cm³/mol. The van der Waals surface area contributed by atoms with Crippen LogP contribution < -0.4 is 5.32 Å². The Morgan fingerprint density at radius 1 is 1.88 bits per heavy atom. The number of hydrogen-bond donors (Lipinski definition) is 1. The second kappa shape index (κ2) is 4.30. The molecule has 0 saturated heterocycles. The first-order valence-corrected chi connectivity index (χ1v) is 2.42. The molecule has 0 rings (SSSR count). The van der Waals surface area contributed by atoms with Crippen LogP contribution in [0.25, 0.3) is 0 Å². The van der Waals surface area contributed by atoms with Crippen LogP contribution in [-0.2, 0) is 4.79 Å². The van der Waals surface area contributed by atoms with Crippen LogP contribution >= 0.6 is 0 Å². The van der Waals surface area contributed by atoms with Crippen molar-refractivity contribution in [1.82, 2.24) is 5.32 Å². The van der Waals surface area contributed by atoms with E-state index >= 15 is 0 Å². The fourth-order valence-corrected chi connectivity index (χ4v) is 0.276. The Hall–Kier alpha value is -0.860. The Balaban J connectivity index is 3.25. The summed E-state index contributed by atoms with van der Waals surface area (Å²) in [7, 11) is 3.24. The average Bonchev–Trinajstić information content (AvgIpc) is 1.83. The molecule has 0 saturated carbocycles. The highest BCUT2D eigenvalue weighted by Crippen LogP contribution is 1.69. The van der Waals surface area contributed by atoms with Crippen LogP contribution in [0.1, 0.15) is 6.42 Å². The van der Waals surface area contributed by atoms with E-state index in [-0.39, 0.29) is 5.91 Å². The van der Waals surface area contributed by atoms with Gasteiger partial charge in [-0.1, -0.05) is 0 Å². The lowest BCUT2D eigenvalue weighted by atomic mass is 10.4. The number of nitrogens with one attached hydrogen (secondary N) is 1. The SMILES string of the molecule is C/N=C\CC(=O)NC. The standard InChI is InChI=1S/C5H10N2O/c1-6-4-3-5(8)7-2/h4H,3H2,1-2H3,(H,7,8)/b6-4-. The maximum Gasteiger partial charge on any atom is 0.225 e. The van der Waals surface area contributed by atoms with Gasteiger partial charge in [0.2, 0.25) is 5.91 Å². The molecule has 0 spiro atoms. The third-order valence-corrected chi connectivity index (χ3v) is 0.738. The maximum atomic E-state index is 10.4. The van der Waals surface area contributed by atoms with Gasteiger partial charge in [0.15, 0.2) is 0 Å². The van der Waals surface area contributed by atoms with E-state index in [1.807, 2.05) is 0 Å². The Kier molecular flexibility index (Phi) is 3.84. The van der Waals surface area contributed by atoms with Gasteiger partial charge < -0.3 is 10.3 Å². The maximum absolute atomic E-state index is 10.4. The summed E-state index contributed by atoms with van der Waals surface area (Å²) >= 11 is 0. The summed E-state index contributed by atoms with van der Waals surface area (Å²) in [5.74, 6) is -0.00407. The zero-order valence-electron chi connectivity index (χ0n) is 5.14. The lowest BCUT2D eigenvalue weighted by Gasteiger charge is -1.89. The van der Waals surface area contributed by atoms with Gasteiger partial charge in [0.05, 0.1) is 6.42 Å². The first-order valence-electron chi connectivity index (χ1n) is 2.42. The van der Waals surface area contributed by atoms with Crippen LogP contribution in [-0.4, -0.2) is 26.2 Å². The van der Waals surface area contributed by atoms with Crippen molar-refractivity contribution in [3.8, 4) is 0 Å². The topological polar surface area (TPSA) is 41.5 Å².